The van der Waals surface area contributed by atoms with Gasteiger partial charge in [-0.25, -0.2) is 0 Å². The molecule has 7 nitrogen and oxygen atoms in total. The lowest BCUT2D eigenvalue weighted by Crippen LogP contribution is -2.35. The molecule has 1 aromatic heterocycles. The fraction of sp³-hybridized carbons (Fsp3) is 0.0833. The number of nitrogens with one attached hydrogen (secondary N) is 1. The van der Waals surface area contributed by atoms with E-state index < -0.39 is 5.91 Å². The van der Waals surface area contributed by atoms with Gasteiger partial charge in [0.2, 0.25) is 5.91 Å². The monoisotopic (exact) mass is 475 g/mol. The van der Waals surface area contributed by atoms with Crippen molar-refractivity contribution in [1.82, 2.24) is 4.90 Å². The normalized spacial score (nSPS) is 17.6. The van der Waals surface area contributed by atoms with E-state index in [1.807, 2.05) is 18.2 Å². The Labute approximate surface area is 199 Å². The highest BCUT2D eigenvalue weighted by Crippen LogP contribution is 2.44. The summed E-state index contributed by atoms with van der Waals surface area (Å²) in [5.41, 5.74) is 2.09. The zero-order valence-corrected chi connectivity index (χ0v) is 18.8. The van der Waals surface area contributed by atoms with E-state index in [1.54, 1.807) is 48.5 Å². The van der Waals surface area contributed by atoms with Crippen LogP contribution in [0.2, 0.25) is 0 Å². The van der Waals surface area contributed by atoms with Gasteiger partial charge in [-0.15, -0.1) is 0 Å². The molecule has 5 rings (SSSR count). The van der Waals surface area contributed by atoms with E-state index in [2.05, 4.69) is 5.32 Å². The summed E-state index contributed by atoms with van der Waals surface area (Å²) in [5, 5.41) is 2.79. The largest absolute Gasteiger partial charge is 0.467 e. The van der Waals surface area contributed by atoms with Gasteiger partial charge >= 0.3 is 0 Å². The van der Waals surface area contributed by atoms with Gasteiger partial charge in [0.1, 0.15) is 16.6 Å². The molecule has 0 saturated carbocycles. The molecule has 0 atom stereocenters. The Kier molecular flexibility index (Phi) is 5.57. The van der Waals surface area contributed by atoms with Crippen molar-refractivity contribution in [3.63, 3.8) is 0 Å². The van der Waals surface area contributed by atoms with Crippen molar-refractivity contribution in [2.75, 3.05) is 16.8 Å². The van der Waals surface area contributed by atoms with Crippen LogP contribution in [-0.2, 0) is 20.9 Å². The number of fused-ring (bicyclic) bond motifs is 1. The second kappa shape index (κ2) is 8.68. The molecule has 1 N–H and O–H groups in total. The van der Waals surface area contributed by atoms with Crippen LogP contribution in [0.3, 0.4) is 0 Å². The lowest BCUT2D eigenvalue weighted by Gasteiger charge is -2.16. The van der Waals surface area contributed by atoms with Gasteiger partial charge in [0.15, 0.2) is 0 Å². The number of nitrogens with zero attached hydrogens (tertiary/aromatic N) is 2. The smallest absolute Gasteiger partial charge is 0.267 e. The van der Waals surface area contributed by atoms with Crippen LogP contribution in [0.15, 0.2) is 82.3 Å². The summed E-state index contributed by atoms with van der Waals surface area (Å²) < 4.78 is 5.69. The molecule has 33 heavy (non-hydrogen) atoms. The Morgan fingerprint density at radius 2 is 1.70 bits per heavy atom. The van der Waals surface area contributed by atoms with Crippen molar-refractivity contribution in [2.45, 2.75) is 6.54 Å². The minimum absolute atomic E-state index is 0.180. The standard InChI is InChI=1S/C24H17N3O4S2/c28-19(25-15-7-2-1-3-8-15)14-26-18-11-5-4-10-17(18)20(22(26)29)21-23(30)27(24(32)33-21)13-16-9-6-12-31-16/h1-12H,13-14H2,(H,25,28)/b21-20+. The SMILES string of the molecule is O=C(CN1C(=O)/C(=C2/SC(=S)N(Cc3ccco3)C2=O)c2ccccc21)Nc1ccccc1. The van der Waals surface area contributed by atoms with E-state index in [1.165, 1.54) is 16.1 Å². The maximum atomic E-state index is 13.5. The molecule has 0 spiro atoms. The zero-order chi connectivity index (χ0) is 22.9. The number of benzene rings is 2. The van der Waals surface area contributed by atoms with Gasteiger partial charge in [-0.05, 0) is 30.3 Å². The van der Waals surface area contributed by atoms with Crippen LogP contribution in [0.25, 0.3) is 5.57 Å². The Morgan fingerprint density at radius 1 is 0.939 bits per heavy atom. The summed E-state index contributed by atoms with van der Waals surface area (Å²) in [7, 11) is 0. The highest BCUT2D eigenvalue weighted by Gasteiger charge is 2.42. The zero-order valence-electron chi connectivity index (χ0n) is 17.2. The van der Waals surface area contributed by atoms with Crippen LogP contribution < -0.4 is 10.2 Å². The van der Waals surface area contributed by atoms with Gasteiger partial charge in [-0.2, -0.15) is 0 Å². The molecule has 2 aliphatic heterocycles. The third kappa shape index (κ3) is 3.96. The van der Waals surface area contributed by atoms with Gasteiger partial charge in [0, 0.05) is 11.3 Å². The van der Waals surface area contributed by atoms with Crippen LogP contribution >= 0.6 is 24.0 Å². The number of furan rings is 1. The van der Waals surface area contributed by atoms with Crippen molar-refractivity contribution in [1.29, 1.82) is 0 Å². The van der Waals surface area contributed by atoms with E-state index in [4.69, 9.17) is 16.6 Å². The van der Waals surface area contributed by atoms with E-state index in [0.29, 0.717) is 27.0 Å². The molecule has 2 aromatic carbocycles. The number of anilines is 2. The predicted octanol–water partition coefficient (Wildman–Crippen LogP) is 4.04. The number of rotatable bonds is 5. The first kappa shape index (κ1) is 21.2. The van der Waals surface area contributed by atoms with Crippen LogP contribution in [0, 0.1) is 0 Å². The van der Waals surface area contributed by atoms with Crippen LogP contribution in [0.5, 0.6) is 0 Å². The Bertz CT molecular complexity index is 1300. The second-order valence-electron chi connectivity index (χ2n) is 7.37. The first-order valence-corrected chi connectivity index (χ1v) is 11.3. The Balaban J connectivity index is 1.45. The molecule has 3 heterocycles. The first-order valence-electron chi connectivity index (χ1n) is 10.1. The summed E-state index contributed by atoms with van der Waals surface area (Å²) in [6.45, 7) is 0.00835. The maximum absolute atomic E-state index is 13.5. The third-order valence-electron chi connectivity index (χ3n) is 5.25. The van der Waals surface area contributed by atoms with Crippen molar-refractivity contribution in [2.24, 2.45) is 0 Å². The molecule has 164 valence electrons. The molecule has 0 bridgehead atoms. The summed E-state index contributed by atoms with van der Waals surface area (Å²) in [5.74, 6) is -0.501. The number of carbonyl (C=O) groups is 3. The number of para-hydroxylation sites is 2. The van der Waals surface area contributed by atoms with Crippen molar-refractivity contribution in [3.05, 3.63) is 89.2 Å². The fourth-order valence-corrected chi connectivity index (χ4v) is 5.09. The number of hydrogen-bond donors (Lipinski definition) is 1. The van der Waals surface area contributed by atoms with Gasteiger partial charge < -0.3 is 9.73 Å². The predicted molar refractivity (Wildman–Crippen MR) is 130 cm³/mol. The number of thioether (sulfide) groups is 1. The number of thiocarbonyl (C=S) groups is 1. The quantitative estimate of drug-likeness (QED) is 0.443. The molecule has 9 heteroatoms. The molecule has 1 saturated heterocycles. The molecular formula is C24H17N3O4S2. The number of hydrogen-bond acceptors (Lipinski definition) is 6. The number of amides is 3. The highest BCUT2D eigenvalue weighted by molar-refractivity contribution is 8.26. The lowest BCUT2D eigenvalue weighted by atomic mass is 10.1. The van der Waals surface area contributed by atoms with Gasteiger partial charge in [-0.3, -0.25) is 24.2 Å². The number of carbonyl (C=O) groups excluding carboxylic acids is 3. The second-order valence-corrected chi connectivity index (χ2v) is 9.01. The molecule has 0 aliphatic carbocycles. The van der Waals surface area contributed by atoms with E-state index in [0.717, 1.165) is 11.8 Å². The van der Waals surface area contributed by atoms with Crippen molar-refractivity contribution in [3.8, 4) is 0 Å². The Hall–Kier alpha value is -3.69. The molecular weight excluding hydrogens is 458 g/mol. The summed E-state index contributed by atoms with van der Waals surface area (Å²) in [6, 6.07) is 19.6. The topological polar surface area (TPSA) is 82.9 Å². The Morgan fingerprint density at radius 3 is 2.45 bits per heavy atom. The molecule has 0 radical (unpaired) electrons. The minimum atomic E-state index is -0.405. The summed E-state index contributed by atoms with van der Waals surface area (Å²) >= 11 is 6.51. The lowest BCUT2D eigenvalue weighted by molar-refractivity contribution is -0.123. The highest BCUT2D eigenvalue weighted by atomic mass is 32.2. The van der Waals surface area contributed by atoms with E-state index in [-0.39, 0.29) is 35.4 Å². The van der Waals surface area contributed by atoms with Crippen LogP contribution in [0.4, 0.5) is 11.4 Å². The molecule has 3 amide bonds. The van der Waals surface area contributed by atoms with E-state index >= 15 is 0 Å². The molecule has 3 aromatic rings. The molecule has 0 unspecified atom stereocenters. The summed E-state index contributed by atoms with van der Waals surface area (Å²) in [4.78, 5) is 42.4. The summed E-state index contributed by atoms with van der Waals surface area (Å²) in [6.07, 6.45) is 1.53. The fourth-order valence-electron chi connectivity index (χ4n) is 3.77. The third-order valence-corrected chi connectivity index (χ3v) is 6.70. The van der Waals surface area contributed by atoms with Crippen molar-refractivity contribution < 1.29 is 18.8 Å². The molecule has 2 aliphatic rings. The van der Waals surface area contributed by atoms with Crippen LogP contribution in [-0.4, -0.2) is 33.5 Å². The first-order chi connectivity index (χ1) is 16.0. The molecule has 1 fully saturated rings. The van der Waals surface area contributed by atoms with E-state index in [9.17, 15) is 14.4 Å². The van der Waals surface area contributed by atoms with Gasteiger partial charge in [0.05, 0.1) is 29.0 Å². The van der Waals surface area contributed by atoms with Gasteiger partial charge in [0.25, 0.3) is 11.8 Å². The maximum Gasteiger partial charge on any atom is 0.267 e. The van der Waals surface area contributed by atoms with Crippen molar-refractivity contribution >= 4 is 63.0 Å². The minimum Gasteiger partial charge on any atom is -0.467 e. The average Bonchev–Trinajstić information content (AvgIpc) is 3.49. The average molecular weight is 476 g/mol. The van der Waals surface area contributed by atoms with Gasteiger partial charge in [-0.1, -0.05) is 60.4 Å². The van der Waals surface area contributed by atoms with Crippen LogP contribution in [0.1, 0.15) is 11.3 Å².